The fraction of sp³-hybridized carbons (Fsp3) is 0.667. The Kier molecular flexibility index (Phi) is 6.19. The Morgan fingerprint density at radius 1 is 1.56 bits per heavy atom. The molecular formula is C3H3F3O2Pd. The van der Waals surface area contributed by atoms with Crippen molar-refractivity contribution in [1.82, 2.24) is 0 Å². The maximum absolute atomic E-state index is 10.3. The van der Waals surface area contributed by atoms with E-state index in [1.54, 1.807) is 0 Å². The molecule has 0 amide bonds. The van der Waals surface area contributed by atoms with Gasteiger partial charge in [0, 0.05) is 5.97 Å². The molecule has 0 aliphatic heterocycles. The minimum absolute atomic E-state index is 0.972. The molecule has 0 aromatic carbocycles. The van der Waals surface area contributed by atoms with E-state index in [4.69, 9.17) is 9.90 Å². The van der Waals surface area contributed by atoms with Gasteiger partial charge in [0.15, 0.2) is 0 Å². The first kappa shape index (κ1) is 11.7. The van der Waals surface area contributed by atoms with Crippen LogP contribution in [0.15, 0.2) is 0 Å². The summed E-state index contributed by atoms with van der Waals surface area (Å²) < 4.78 is 26.7. The molecule has 0 unspecified atom stereocenters. The van der Waals surface area contributed by atoms with E-state index in [9.17, 15) is 13.2 Å². The van der Waals surface area contributed by atoms with Crippen LogP contribution in [0.3, 0.4) is 0 Å². The molecule has 0 spiro atoms. The second-order valence-corrected chi connectivity index (χ2v) is 1.77. The zero-order valence-electron chi connectivity index (χ0n) is 4.27. The van der Waals surface area contributed by atoms with Gasteiger partial charge in [-0.2, -0.15) is 0 Å². The van der Waals surface area contributed by atoms with Gasteiger partial charge in [0.1, 0.15) is 0 Å². The van der Waals surface area contributed by atoms with Crippen LogP contribution in [0.5, 0.6) is 0 Å². The van der Waals surface area contributed by atoms with Gasteiger partial charge in [0.2, 0.25) is 0 Å². The average Bonchev–Trinajstić information content (AvgIpc) is 1.19. The summed E-state index contributed by atoms with van der Waals surface area (Å²) in [7, 11) is 0. The monoisotopic (exact) mass is 234 g/mol. The molecule has 0 atom stereocenters. The van der Waals surface area contributed by atoms with Gasteiger partial charge in [-0.15, -0.1) is 0 Å². The average molecular weight is 234 g/mol. The second-order valence-electron chi connectivity index (χ2n) is 0.885. The predicted octanol–water partition coefficient (Wildman–Crippen LogP) is -0.191. The van der Waals surface area contributed by atoms with Gasteiger partial charge in [0.25, 0.3) is 0 Å². The molecule has 0 fully saturated rings. The van der Waals surface area contributed by atoms with Gasteiger partial charge >= 0.3 is 37.0 Å². The summed E-state index contributed by atoms with van der Waals surface area (Å²) in [4.78, 5) is 8.89. The summed E-state index contributed by atoms with van der Waals surface area (Å²) in [6, 6.07) is 0. The van der Waals surface area contributed by atoms with Crippen LogP contribution in [0.2, 0.25) is 0 Å². The normalized spacial score (nSPS) is 9.56. The summed E-state index contributed by atoms with van der Waals surface area (Å²) in [5.74, 6) is -1.08. The molecule has 6 heteroatoms. The Labute approximate surface area is 60.5 Å². The quantitative estimate of drug-likeness (QED) is 0.545. The van der Waals surface area contributed by atoms with E-state index in [1.807, 2.05) is 0 Å². The van der Waals surface area contributed by atoms with Crippen molar-refractivity contribution in [2.45, 2.75) is 11.6 Å². The minimum atomic E-state index is -4.15. The Morgan fingerprint density at radius 3 is 1.56 bits per heavy atom. The number of hydrogen-bond acceptors (Lipinski definition) is 2. The van der Waals surface area contributed by atoms with Crippen molar-refractivity contribution in [2.24, 2.45) is 0 Å². The third-order valence-electron chi connectivity index (χ3n) is 0. The zero-order valence-corrected chi connectivity index (χ0v) is 5.82. The molecule has 0 aliphatic rings. The Bertz CT molecular complexity index is 79.5. The molecule has 0 heterocycles. The molecule has 0 bridgehead atoms. The van der Waals surface area contributed by atoms with Crippen molar-refractivity contribution in [1.29, 1.82) is 0 Å². The van der Waals surface area contributed by atoms with Crippen LogP contribution in [-0.4, -0.2) is 10.6 Å². The van der Waals surface area contributed by atoms with Crippen LogP contribution >= 0.6 is 0 Å². The number of hydrogen-bond donors (Lipinski definition) is 0. The molecule has 0 aromatic rings. The number of alkyl halides is 3. The molecule has 0 saturated heterocycles. The van der Waals surface area contributed by atoms with Crippen molar-refractivity contribution < 1.29 is 42.3 Å². The van der Waals surface area contributed by atoms with Gasteiger partial charge in [-0.1, -0.05) is 0 Å². The maximum atomic E-state index is 10.3. The van der Waals surface area contributed by atoms with Crippen molar-refractivity contribution in [3.05, 3.63) is 0 Å². The Balaban J connectivity index is 0. The summed E-state index contributed by atoms with van der Waals surface area (Å²) >= 11 is 1.14. The van der Waals surface area contributed by atoms with Crippen LogP contribution < -0.4 is 5.11 Å². The van der Waals surface area contributed by atoms with E-state index < -0.39 is 10.6 Å². The molecular weight excluding hydrogens is 231 g/mol. The number of aliphatic carboxylic acids is 1. The number of carboxylic acid groups (broad SMARTS) is 1. The van der Waals surface area contributed by atoms with Crippen molar-refractivity contribution in [3.8, 4) is 0 Å². The zero-order chi connectivity index (χ0) is 8.08. The molecule has 0 aromatic heterocycles. The van der Waals surface area contributed by atoms with Gasteiger partial charge in [0.05, 0.1) is 0 Å². The third-order valence-corrected chi connectivity index (χ3v) is 0. The SMILES string of the molecule is CC(=O)[O-].F[C](F)(F)[Pd+]. The van der Waals surface area contributed by atoms with Crippen LogP contribution in [0.4, 0.5) is 13.2 Å². The van der Waals surface area contributed by atoms with Crippen LogP contribution in [0, 0.1) is 0 Å². The van der Waals surface area contributed by atoms with Gasteiger partial charge in [-0.25, -0.2) is 0 Å². The topological polar surface area (TPSA) is 40.1 Å². The summed E-state index contributed by atoms with van der Waals surface area (Å²) in [5.41, 5.74) is 0. The Hall–Kier alpha value is -0.0777. The predicted molar refractivity (Wildman–Crippen MR) is 16.7 cm³/mol. The number of carboxylic acids is 1. The van der Waals surface area contributed by atoms with Gasteiger partial charge in [-0.3, -0.25) is 0 Å². The molecule has 0 radical (unpaired) electrons. The van der Waals surface area contributed by atoms with Crippen LogP contribution in [-0.2, 0) is 24.0 Å². The van der Waals surface area contributed by atoms with Gasteiger partial charge in [-0.05, 0) is 6.92 Å². The van der Waals surface area contributed by atoms with Crippen molar-refractivity contribution in [3.63, 3.8) is 0 Å². The van der Waals surface area contributed by atoms with E-state index in [2.05, 4.69) is 0 Å². The molecule has 58 valence electrons. The second kappa shape index (κ2) is 4.77. The summed E-state index contributed by atoms with van der Waals surface area (Å²) in [5, 5.41) is 8.89. The number of rotatable bonds is 0. The molecule has 0 N–H and O–H groups in total. The first-order valence-corrected chi connectivity index (χ1v) is 2.41. The van der Waals surface area contributed by atoms with E-state index >= 15 is 0 Å². The molecule has 0 saturated carbocycles. The number of carbonyl (C=O) groups excluding carboxylic acids is 1. The van der Waals surface area contributed by atoms with Crippen molar-refractivity contribution >= 4 is 5.97 Å². The van der Waals surface area contributed by atoms with Crippen LogP contribution in [0.25, 0.3) is 0 Å². The van der Waals surface area contributed by atoms with Crippen LogP contribution in [0.1, 0.15) is 6.92 Å². The fourth-order valence-corrected chi connectivity index (χ4v) is 0. The molecule has 2 nitrogen and oxygen atoms in total. The third kappa shape index (κ3) is 46100. The van der Waals surface area contributed by atoms with E-state index in [-0.39, 0.29) is 0 Å². The van der Waals surface area contributed by atoms with E-state index in [0.717, 1.165) is 26.1 Å². The van der Waals surface area contributed by atoms with Gasteiger partial charge < -0.3 is 9.90 Å². The summed E-state index contributed by atoms with van der Waals surface area (Å²) in [6.07, 6.45) is 0. The molecule has 9 heavy (non-hydrogen) atoms. The first-order valence-electron chi connectivity index (χ1n) is 1.63. The van der Waals surface area contributed by atoms with Crippen molar-refractivity contribution in [2.75, 3.05) is 0 Å². The molecule has 0 aliphatic carbocycles. The Morgan fingerprint density at radius 2 is 1.56 bits per heavy atom. The number of halogens is 3. The molecule has 0 rings (SSSR count). The number of carbonyl (C=O) groups is 1. The first-order chi connectivity index (χ1) is 3.73. The van der Waals surface area contributed by atoms with E-state index in [1.165, 1.54) is 0 Å². The standard InChI is InChI=1S/C2H4O2.CF3.Pd/c1-2(3)4;2-1(3)4;/h1H3,(H,3,4);;/q;;+1/p-1. The summed E-state index contributed by atoms with van der Waals surface area (Å²) in [6.45, 7) is 0.972. The van der Waals surface area contributed by atoms with E-state index in [0.29, 0.717) is 0 Å². The fourth-order valence-electron chi connectivity index (χ4n) is 0.